The number of nitrogens with two attached hydrogens (primary N) is 3. The molecule has 20 heterocycles. The Bertz CT molecular complexity index is 5580. The van der Waals surface area contributed by atoms with E-state index in [2.05, 4.69) is 142 Å². The summed E-state index contributed by atoms with van der Waals surface area (Å²) in [5, 5.41) is 30.0. The smallest absolute Gasteiger partial charge is 0.358 e. The molecule has 8 atom stereocenters. The number of hydrogen-bond acceptors (Lipinski definition) is 29. The van der Waals surface area contributed by atoms with E-state index >= 15 is 0 Å². The number of oxazole rings is 2. The van der Waals surface area contributed by atoms with Gasteiger partial charge in [0.05, 0.1) is 18.1 Å². The average molecular weight is 1590 g/mol. The van der Waals surface area contributed by atoms with Crippen molar-refractivity contribution in [2.24, 2.45) is 5.73 Å². The van der Waals surface area contributed by atoms with E-state index in [0.29, 0.717) is 77.6 Å². The summed E-state index contributed by atoms with van der Waals surface area (Å²) in [6, 6.07) is 38.3. The standard InChI is InChI=1S/C30H31N9O2.C16H12N6O3.C13H20N4.C13H16N4.C7H14N2.C6H3FN2/c1-18-14-33-24-11-6-19(15-38(18)24)26-28(30-32-12-13-41-30)36-29(31)27(35-26)23(40)10-7-20-4-3-5-25(34-20)39-21-8-9-22(39)17-37(2)16-21;1-8-6-19-10-3-2-9(7-22(8)10)11-12(15-18-4-5-25-15)21-14(17)13(20-11)16(23)24;2*1-16-8-11-5-6-12(9-16)17(11)13-4-2-3-10(7-14)15-13;1-9-4-6-2-3-7(5-9)8-6;7-6-3-1-2-5(4-8)9-6/h3-6,11-15,21-22H,7-10,16-17H2,1-2H3,(H2,31,36);2-7H,1H3,(H2,17,21)(H,23,24);2-4,11-12H,5-9,14H2,1H3;2-4,11-12H,5-6,8-9H2,1H3;6-8H,2-5H2,1H3;1-3H/t21-,22+;;2*11-,12+;6-,7+;. The molecule has 0 aromatic carbocycles. The SMILES string of the molecule is CN1C[C@H]2CC[C@@H](C1)N2.CN1C[C@H]2CC[C@@H](C1)N2c1cccc(C#N)n1.CN1C[C@H]2CC[C@@H](C1)N2c1cccc(CN)n1.Cc1cnc2ccc(-c3nc(C(=O)CCc4cccc(N5[C@@H]6CC[C@H]5CN(C)C6)n4)c(N)nc3-c3ncco3)cn12.Cc1cnc2ccc(-c3nc(C(=O)O)c(N)nc3-c3ncco3)cn12.N#Cc1cccc(F)n1. The van der Waals surface area contributed by atoms with Crippen molar-refractivity contribution in [1.29, 1.82) is 10.5 Å². The maximum absolute atomic E-state index is 13.5. The zero-order valence-electron chi connectivity index (χ0n) is 66.9. The number of pyridine rings is 6. The number of nitrogens with zero attached hydrogens (tertiary/aromatic N) is 23. The van der Waals surface area contributed by atoms with Gasteiger partial charge in [-0.25, -0.2) is 64.6 Å². The zero-order valence-corrected chi connectivity index (χ0v) is 66.9. The molecule has 33 heteroatoms. The maximum Gasteiger partial charge on any atom is 0.358 e. The van der Waals surface area contributed by atoms with Gasteiger partial charge in [-0.3, -0.25) is 4.79 Å². The largest absolute Gasteiger partial charge is 0.476 e. The second-order valence-electron chi connectivity index (χ2n) is 31.3. The predicted octanol–water partition coefficient (Wildman–Crippen LogP) is 9.07. The predicted molar refractivity (Wildman–Crippen MR) is 443 cm³/mol. The van der Waals surface area contributed by atoms with E-state index < -0.39 is 11.9 Å². The van der Waals surface area contributed by atoms with Gasteiger partial charge in [-0.15, -0.1) is 0 Å². The number of carboxylic acids is 1. The Morgan fingerprint density at radius 1 is 0.500 bits per heavy atom. The van der Waals surface area contributed by atoms with Gasteiger partial charge in [0.1, 0.15) is 81.9 Å². The Morgan fingerprint density at radius 2 is 0.915 bits per heavy atom. The van der Waals surface area contributed by atoms with Crippen molar-refractivity contribution < 1.29 is 27.9 Å². The number of imidazole rings is 2. The van der Waals surface area contributed by atoms with Gasteiger partial charge in [0, 0.05) is 167 Å². The number of Topliss-reactive ketones (excluding diaryl/α,β-unsaturated/α-hetero) is 1. The lowest BCUT2D eigenvalue weighted by Crippen LogP contribution is -2.52. The number of carbonyl (C=O) groups excluding carboxylic acids is 1. The van der Waals surface area contributed by atoms with E-state index in [1.807, 2.05) is 71.3 Å². The lowest BCUT2D eigenvalue weighted by Gasteiger charge is -2.40. The third-order valence-electron chi connectivity index (χ3n) is 22.8. The first-order chi connectivity index (χ1) is 57.2. The zero-order chi connectivity index (χ0) is 82.3. The molecule has 12 aromatic heterocycles. The van der Waals surface area contributed by atoms with Gasteiger partial charge in [-0.1, -0.05) is 24.3 Å². The Balaban J connectivity index is 0.000000121. The Labute approximate surface area is 682 Å². The highest BCUT2D eigenvalue weighted by molar-refractivity contribution is 5.99. The number of fused-ring (bicyclic) bond motifs is 10. The van der Waals surface area contributed by atoms with Crippen LogP contribution in [0, 0.1) is 42.5 Å². The summed E-state index contributed by atoms with van der Waals surface area (Å²) >= 11 is 0. The number of piperazine rings is 4. The van der Waals surface area contributed by atoms with Gasteiger partial charge >= 0.3 is 5.97 Å². The molecule has 8 bridgehead atoms. The van der Waals surface area contributed by atoms with E-state index in [0.717, 1.165) is 108 Å². The van der Waals surface area contributed by atoms with Crippen LogP contribution in [0.2, 0.25) is 0 Å². The molecule has 12 aromatic rings. The van der Waals surface area contributed by atoms with E-state index in [-0.39, 0.29) is 58.4 Å². The number of ketones is 1. The Morgan fingerprint density at radius 3 is 1.35 bits per heavy atom. The maximum atomic E-state index is 13.5. The third kappa shape index (κ3) is 18.1. The number of nitrogens with one attached hydrogen (secondary N) is 1. The number of likely N-dealkylation sites (tertiary alicyclic amines) is 4. The molecule has 8 aliphatic rings. The molecular weight excluding hydrogens is 1500 g/mol. The average Bonchev–Trinajstić information content (AvgIpc) is 1.45. The van der Waals surface area contributed by atoms with Crippen molar-refractivity contribution in [3.05, 3.63) is 198 Å². The number of likely N-dealkylation sites (N-methyl/N-ethyl adjacent to an activating group) is 4. The highest BCUT2D eigenvalue weighted by Gasteiger charge is 2.42. The third-order valence-corrected chi connectivity index (χ3v) is 22.8. The van der Waals surface area contributed by atoms with Gasteiger partial charge in [0.2, 0.25) is 17.7 Å². The summed E-state index contributed by atoms with van der Waals surface area (Å²) in [7, 11) is 8.80. The van der Waals surface area contributed by atoms with E-state index in [9.17, 15) is 19.1 Å². The summed E-state index contributed by atoms with van der Waals surface area (Å²) in [5.74, 6) is 1.34. The number of nitrogen functional groups attached to an aromatic ring is 2. The number of anilines is 5. The molecule has 0 radical (unpaired) electrons. The Kier molecular flexibility index (Phi) is 24.5. The quantitative estimate of drug-likeness (QED) is 0.0530. The fraction of sp³-hybridized carbons (Fsp3) is 0.388. The fourth-order valence-corrected chi connectivity index (χ4v) is 17.5. The molecule has 0 amide bonds. The highest BCUT2D eigenvalue weighted by atomic mass is 19.1. The van der Waals surface area contributed by atoms with Crippen LogP contribution in [-0.2, 0) is 13.0 Å². The Hall–Kier alpha value is -12.6. The van der Waals surface area contributed by atoms with E-state index in [1.165, 1.54) is 108 Å². The number of aromatic carboxylic acids is 1. The first-order valence-electron chi connectivity index (χ1n) is 39.9. The van der Waals surface area contributed by atoms with Crippen LogP contribution in [-0.4, -0.2) is 234 Å². The number of carbonyl (C=O) groups is 2. The van der Waals surface area contributed by atoms with Crippen LogP contribution >= 0.6 is 0 Å². The number of halogens is 1. The molecule has 608 valence electrons. The summed E-state index contributed by atoms with van der Waals surface area (Å²) in [4.78, 5) is 93.9. The summed E-state index contributed by atoms with van der Waals surface area (Å²) in [5.41, 5.74) is 26.3. The topological polar surface area (TPSA) is 404 Å². The normalized spacial score (nSPS) is 21.1. The van der Waals surface area contributed by atoms with Crippen LogP contribution in [0.1, 0.15) is 113 Å². The fourth-order valence-electron chi connectivity index (χ4n) is 17.5. The molecule has 0 unspecified atom stereocenters. The molecule has 0 spiro atoms. The van der Waals surface area contributed by atoms with Crippen LogP contribution in [0.5, 0.6) is 0 Å². The molecule has 0 aliphatic carbocycles. The van der Waals surface area contributed by atoms with Gasteiger partial charge in [0.25, 0.3) is 0 Å². The number of nitriles is 2. The van der Waals surface area contributed by atoms with Gasteiger partial charge in [0.15, 0.2) is 34.5 Å². The number of carboxylic acid groups (broad SMARTS) is 1. The molecule has 8 fully saturated rings. The van der Waals surface area contributed by atoms with Crippen LogP contribution in [0.4, 0.5) is 33.5 Å². The molecule has 8 aliphatic heterocycles. The van der Waals surface area contributed by atoms with Gasteiger partial charge in [-0.2, -0.15) is 14.9 Å². The lowest BCUT2D eigenvalue weighted by atomic mass is 10.1. The lowest BCUT2D eigenvalue weighted by molar-refractivity contribution is 0.0691. The molecule has 20 rings (SSSR count). The minimum Gasteiger partial charge on any atom is -0.476 e. The van der Waals surface area contributed by atoms with E-state index in [4.69, 9.17) is 46.5 Å². The monoisotopic (exact) mass is 1590 g/mol. The molecule has 0 saturated carbocycles. The minimum absolute atomic E-state index is 0.0440. The van der Waals surface area contributed by atoms with Crippen LogP contribution in [0.25, 0.3) is 57.0 Å². The van der Waals surface area contributed by atoms with Crippen LogP contribution < -0.4 is 37.2 Å². The van der Waals surface area contributed by atoms with Gasteiger partial charge < -0.3 is 79.6 Å². The van der Waals surface area contributed by atoms with Crippen molar-refractivity contribution in [2.75, 3.05) is 107 Å². The molecular formula is C85H96FN27O5. The van der Waals surface area contributed by atoms with Crippen molar-refractivity contribution in [2.45, 2.75) is 133 Å². The first kappa shape index (κ1) is 80.6. The summed E-state index contributed by atoms with van der Waals surface area (Å²) < 4.78 is 26.8. The molecule has 32 nitrogen and oxygen atoms in total. The van der Waals surface area contributed by atoms with Crippen molar-refractivity contribution in [1.82, 2.24) is 93.5 Å². The van der Waals surface area contributed by atoms with Crippen molar-refractivity contribution in [3.8, 4) is 57.8 Å². The molecule has 8 saturated heterocycles. The number of rotatable bonds is 13. The molecule has 8 N–H and O–H groups in total. The highest BCUT2D eigenvalue weighted by Crippen LogP contribution is 2.38. The van der Waals surface area contributed by atoms with Crippen LogP contribution in [0.15, 0.2) is 156 Å². The van der Waals surface area contributed by atoms with Gasteiger partial charge in [-0.05, 0) is 173 Å². The van der Waals surface area contributed by atoms with Crippen molar-refractivity contribution >= 4 is 52.1 Å². The number of aromatic nitrogens is 14. The minimum atomic E-state index is -1.26. The number of aryl methyl sites for hydroxylation is 3. The summed E-state index contributed by atoms with van der Waals surface area (Å²) in [6.07, 6.45) is 24.1. The van der Waals surface area contributed by atoms with E-state index in [1.54, 1.807) is 42.9 Å². The first-order valence-corrected chi connectivity index (χ1v) is 39.9. The number of hydrogen-bond donors (Lipinski definition) is 5. The molecule has 118 heavy (non-hydrogen) atoms. The second-order valence-corrected chi connectivity index (χ2v) is 31.3. The van der Waals surface area contributed by atoms with Crippen molar-refractivity contribution in [3.63, 3.8) is 0 Å². The summed E-state index contributed by atoms with van der Waals surface area (Å²) in [6.45, 7) is 13.6. The van der Waals surface area contributed by atoms with Crippen LogP contribution in [0.3, 0.4) is 0 Å². The second kappa shape index (κ2) is 35.9.